The predicted octanol–water partition coefficient (Wildman–Crippen LogP) is 2.24. The van der Waals surface area contributed by atoms with E-state index in [0.29, 0.717) is 0 Å². The number of aromatic nitrogens is 1. The zero-order valence-electron chi connectivity index (χ0n) is 7.96. The summed E-state index contributed by atoms with van der Waals surface area (Å²) in [5, 5.41) is 11.0. The van der Waals surface area contributed by atoms with Crippen LogP contribution in [0.15, 0.2) is 30.3 Å². The fourth-order valence-electron chi connectivity index (χ4n) is 1.90. The minimum Gasteiger partial charge on any atom is -0.389 e. The van der Waals surface area contributed by atoms with Crippen molar-refractivity contribution in [1.82, 2.24) is 4.98 Å². The van der Waals surface area contributed by atoms with Crippen LogP contribution >= 0.6 is 0 Å². The number of aliphatic hydroxyl groups is 1. The van der Waals surface area contributed by atoms with Gasteiger partial charge in [-0.15, -0.1) is 0 Å². The number of nitrogens with one attached hydrogen (secondary N) is 1. The molecule has 0 amide bonds. The second kappa shape index (κ2) is 2.61. The number of fused-ring (bicyclic) bond motifs is 1. The summed E-state index contributed by atoms with van der Waals surface area (Å²) >= 11 is 0. The molecular weight excluding hydrogens is 174 g/mol. The van der Waals surface area contributed by atoms with Crippen molar-refractivity contribution in [1.29, 1.82) is 0 Å². The van der Waals surface area contributed by atoms with E-state index in [-0.39, 0.29) is 0 Å². The normalized spacial score (nSPS) is 18.6. The molecule has 2 nitrogen and oxygen atoms in total. The largest absolute Gasteiger partial charge is 0.389 e. The third-order valence-corrected chi connectivity index (χ3v) is 2.93. The molecule has 1 heterocycles. The maximum atomic E-state index is 9.79. The number of H-pyrrole nitrogens is 1. The molecule has 72 valence electrons. The van der Waals surface area contributed by atoms with Crippen molar-refractivity contribution in [2.75, 3.05) is 0 Å². The molecule has 0 bridgehead atoms. The van der Waals surface area contributed by atoms with Crippen molar-refractivity contribution in [3.63, 3.8) is 0 Å². The van der Waals surface area contributed by atoms with E-state index in [1.807, 2.05) is 12.1 Å². The fraction of sp³-hybridized carbons (Fsp3) is 0.333. The summed E-state index contributed by atoms with van der Waals surface area (Å²) in [7, 11) is 0. The lowest BCUT2D eigenvalue weighted by Gasteiger charge is -2.03. The van der Waals surface area contributed by atoms with Gasteiger partial charge in [0.25, 0.3) is 0 Å². The van der Waals surface area contributed by atoms with Crippen molar-refractivity contribution in [3.8, 4) is 0 Å². The molecule has 1 saturated carbocycles. The first kappa shape index (κ1) is 8.06. The Kier molecular flexibility index (Phi) is 1.50. The lowest BCUT2D eigenvalue weighted by Crippen LogP contribution is -2.10. The highest BCUT2D eigenvalue weighted by molar-refractivity contribution is 5.80. The van der Waals surface area contributed by atoms with Gasteiger partial charge in [0.2, 0.25) is 0 Å². The van der Waals surface area contributed by atoms with Crippen molar-refractivity contribution in [2.24, 2.45) is 0 Å². The molecule has 0 spiro atoms. The van der Waals surface area contributed by atoms with Gasteiger partial charge in [0.15, 0.2) is 0 Å². The topological polar surface area (TPSA) is 36.0 Å². The number of benzene rings is 1. The van der Waals surface area contributed by atoms with Gasteiger partial charge >= 0.3 is 0 Å². The van der Waals surface area contributed by atoms with Crippen molar-refractivity contribution >= 4 is 10.9 Å². The van der Waals surface area contributed by atoms with Crippen LogP contribution in [0.1, 0.15) is 18.5 Å². The second-order valence-electron chi connectivity index (χ2n) is 4.28. The number of hydrogen-bond acceptors (Lipinski definition) is 1. The summed E-state index contributed by atoms with van der Waals surface area (Å²) in [6.07, 6.45) is 2.66. The molecule has 1 aromatic carbocycles. The maximum absolute atomic E-state index is 9.79. The summed E-state index contributed by atoms with van der Waals surface area (Å²) in [5.41, 5.74) is 1.90. The number of rotatable bonds is 2. The number of para-hydroxylation sites is 1. The molecule has 1 fully saturated rings. The summed E-state index contributed by atoms with van der Waals surface area (Å²) in [6.45, 7) is 0. The van der Waals surface area contributed by atoms with Crippen LogP contribution < -0.4 is 0 Å². The highest BCUT2D eigenvalue weighted by Gasteiger charge is 2.40. The molecule has 2 heteroatoms. The standard InChI is InChI=1S/C12H13NO/c14-12(5-6-12)8-10-7-9-3-1-2-4-11(9)13-10/h1-4,7,13-14H,5-6,8H2. The number of hydrogen-bond donors (Lipinski definition) is 2. The van der Waals surface area contributed by atoms with Gasteiger partial charge in [-0.25, -0.2) is 0 Å². The first-order valence-corrected chi connectivity index (χ1v) is 5.04. The van der Waals surface area contributed by atoms with Gasteiger partial charge in [-0.1, -0.05) is 18.2 Å². The van der Waals surface area contributed by atoms with Gasteiger partial charge in [-0.05, 0) is 30.4 Å². The monoisotopic (exact) mass is 187 g/mol. The molecule has 0 radical (unpaired) electrons. The molecule has 1 aliphatic rings. The Labute approximate surface area is 82.6 Å². The molecule has 1 aliphatic carbocycles. The van der Waals surface area contributed by atoms with Crippen LogP contribution in [0.3, 0.4) is 0 Å². The second-order valence-corrected chi connectivity index (χ2v) is 4.28. The molecule has 2 aromatic rings. The molecular formula is C12H13NO. The third-order valence-electron chi connectivity index (χ3n) is 2.93. The van der Waals surface area contributed by atoms with E-state index >= 15 is 0 Å². The van der Waals surface area contributed by atoms with Gasteiger partial charge in [0, 0.05) is 17.6 Å². The SMILES string of the molecule is OC1(Cc2cc3ccccc3[nH]2)CC1. The Balaban J connectivity index is 1.98. The smallest absolute Gasteiger partial charge is 0.0704 e. The lowest BCUT2D eigenvalue weighted by molar-refractivity contribution is 0.150. The molecule has 0 saturated heterocycles. The van der Waals surface area contributed by atoms with Gasteiger partial charge in [0.1, 0.15) is 0 Å². The molecule has 14 heavy (non-hydrogen) atoms. The zero-order chi connectivity index (χ0) is 9.60. The van der Waals surface area contributed by atoms with Crippen LogP contribution in [-0.4, -0.2) is 15.7 Å². The van der Waals surface area contributed by atoms with E-state index in [9.17, 15) is 5.11 Å². The summed E-state index contributed by atoms with van der Waals surface area (Å²) < 4.78 is 0. The summed E-state index contributed by atoms with van der Waals surface area (Å²) in [4.78, 5) is 3.33. The fourth-order valence-corrected chi connectivity index (χ4v) is 1.90. The lowest BCUT2D eigenvalue weighted by atomic mass is 10.1. The average molecular weight is 187 g/mol. The van der Waals surface area contributed by atoms with E-state index in [1.54, 1.807) is 0 Å². The van der Waals surface area contributed by atoms with Gasteiger partial charge < -0.3 is 10.1 Å². The Morgan fingerprint density at radius 2 is 2.07 bits per heavy atom. The molecule has 0 atom stereocenters. The van der Waals surface area contributed by atoms with Gasteiger partial charge in [-0.3, -0.25) is 0 Å². The summed E-state index contributed by atoms with van der Waals surface area (Å²) in [6, 6.07) is 10.3. The van der Waals surface area contributed by atoms with Crippen LogP contribution in [0, 0.1) is 0 Å². The first-order valence-electron chi connectivity index (χ1n) is 5.04. The third kappa shape index (κ3) is 1.32. The zero-order valence-corrected chi connectivity index (χ0v) is 7.96. The van der Waals surface area contributed by atoms with E-state index in [0.717, 1.165) is 30.5 Å². The molecule has 0 unspecified atom stereocenters. The highest BCUT2D eigenvalue weighted by Crippen LogP contribution is 2.38. The predicted molar refractivity (Wildman–Crippen MR) is 56.2 cm³/mol. The number of aromatic amines is 1. The van der Waals surface area contributed by atoms with Crippen molar-refractivity contribution < 1.29 is 5.11 Å². The first-order chi connectivity index (χ1) is 6.75. The van der Waals surface area contributed by atoms with Crippen LogP contribution in [0.25, 0.3) is 10.9 Å². The average Bonchev–Trinajstić information content (AvgIpc) is 2.77. The minimum absolute atomic E-state index is 0.402. The van der Waals surface area contributed by atoms with Crippen LogP contribution in [0.5, 0.6) is 0 Å². The Morgan fingerprint density at radius 1 is 1.29 bits per heavy atom. The van der Waals surface area contributed by atoms with Crippen LogP contribution in [0.4, 0.5) is 0 Å². The maximum Gasteiger partial charge on any atom is 0.0704 e. The Bertz CT molecular complexity index is 435. The van der Waals surface area contributed by atoms with Gasteiger partial charge in [-0.2, -0.15) is 0 Å². The summed E-state index contributed by atoms with van der Waals surface area (Å²) in [5.74, 6) is 0. The quantitative estimate of drug-likeness (QED) is 0.743. The van der Waals surface area contributed by atoms with E-state index in [2.05, 4.69) is 23.2 Å². The molecule has 2 N–H and O–H groups in total. The van der Waals surface area contributed by atoms with E-state index < -0.39 is 5.60 Å². The minimum atomic E-state index is -0.402. The highest BCUT2D eigenvalue weighted by atomic mass is 16.3. The van der Waals surface area contributed by atoms with E-state index in [1.165, 1.54) is 5.39 Å². The van der Waals surface area contributed by atoms with Crippen LogP contribution in [-0.2, 0) is 6.42 Å². The van der Waals surface area contributed by atoms with Crippen LogP contribution in [0.2, 0.25) is 0 Å². The Hall–Kier alpha value is -1.28. The molecule has 0 aliphatic heterocycles. The van der Waals surface area contributed by atoms with E-state index in [4.69, 9.17) is 0 Å². The molecule has 3 rings (SSSR count). The van der Waals surface area contributed by atoms with Crippen molar-refractivity contribution in [2.45, 2.75) is 24.9 Å². The Morgan fingerprint density at radius 3 is 2.79 bits per heavy atom. The van der Waals surface area contributed by atoms with Crippen molar-refractivity contribution in [3.05, 3.63) is 36.0 Å². The molecule has 1 aromatic heterocycles. The van der Waals surface area contributed by atoms with Gasteiger partial charge in [0.05, 0.1) is 5.60 Å².